The van der Waals surface area contributed by atoms with Crippen LogP contribution in [-0.4, -0.2) is 90.6 Å². The van der Waals surface area contributed by atoms with Gasteiger partial charge in [0.05, 0.1) is 47.1 Å². The van der Waals surface area contributed by atoms with Crippen LogP contribution in [0.2, 0.25) is 30.1 Å². The number of hydrogen-bond donors (Lipinski definition) is 6. The average molecular weight is 2010 g/mol. The molecule has 17 nitrogen and oxygen atoms in total. The molecule has 0 spiro atoms. The third-order valence-electron chi connectivity index (χ3n) is 14.6. The van der Waals surface area contributed by atoms with E-state index in [4.69, 9.17) is 122 Å². The predicted octanol–water partition coefficient (Wildman–Crippen LogP) is 17.9. The second kappa shape index (κ2) is 53.6. The SMILES string of the molecule is BrB(Br)Br.COc1cccc(-c2ccc(Cl)cc2F)c1OC.COc1cccc(-c2ccc(Cl)cc2F)c1OC.COc1cccc(O[B]O)c1OC.Fc1cc(Cl)ccc1Br.O=CO[O-].Oc1cccc(-c2ccc(Cl)cc2F)c1O.Oc1cccc(-c2ccc(Cl)cc2F)c1O.Oc1cccc2c1oc1cc(Cl)ccc12.[H-].[K+].[K+]. The van der Waals surface area contributed by atoms with Gasteiger partial charge in [0.1, 0.15) is 40.4 Å². The molecule has 1 aromatic heterocycles. The molecule has 0 amide bonds. The first-order chi connectivity index (χ1) is 53.9. The summed E-state index contributed by atoms with van der Waals surface area (Å²) < 4.78 is 109. The molecule has 593 valence electrons. The molecule has 6 N–H and O–H groups in total. The second-order valence-electron chi connectivity index (χ2n) is 21.5. The molecule has 1 radical (unpaired) electrons. The van der Waals surface area contributed by atoms with Gasteiger partial charge in [-0.05, 0) is 162 Å². The maximum atomic E-state index is 13.9. The fourth-order valence-electron chi connectivity index (χ4n) is 9.76. The molecule has 0 aliphatic rings. The number of phenolic OH excluding ortho intramolecular Hbond substituents is 5. The van der Waals surface area contributed by atoms with E-state index in [2.05, 4.69) is 68.1 Å². The third kappa shape index (κ3) is 31.7. The van der Waals surface area contributed by atoms with Gasteiger partial charge in [0, 0.05) is 91.5 Å². The van der Waals surface area contributed by atoms with Crippen LogP contribution in [-0.2, 0) is 9.68 Å². The molecule has 0 saturated heterocycles. The van der Waals surface area contributed by atoms with Crippen molar-refractivity contribution in [1.82, 2.24) is 0 Å². The summed E-state index contributed by atoms with van der Waals surface area (Å²) in [5.41, 5.74) is 4.16. The molecule has 0 bridgehead atoms. The number of hydrogen-bond acceptors (Lipinski definition) is 17. The normalized spacial score (nSPS) is 9.77. The number of para-hydroxylation sites is 6. The molecular formula is C79H62B2Br4Cl6F5K2O17. The number of aromatic hydroxyl groups is 5. The first-order valence-corrected chi connectivity index (χ1v) is 37.4. The van der Waals surface area contributed by atoms with Gasteiger partial charge in [0.2, 0.25) is 5.75 Å². The van der Waals surface area contributed by atoms with E-state index >= 15 is 0 Å². The number of furan rings is 1. The fourth-order valence-corrected chi connectivity index (χ4v) is 11.0. The monoisotopic (exact) mass is 2000 g/mol. The number of ether oxygens (including phenoxy) is 6. The van der Waals surface area contributed by atoms with E-state index in [1.54, 1.807) is 123 Å². The van der Waals surface area contributed by atoms with Crippen molar-refractivity contribution < 1.29 is 209 Å². The molecule has 1 heterocycles. The molecule has 0 aliphatic carbocycles. The molecule has 13 rings (SSSR count). The zero-order valence-electron chi connectivity index (χ0n) is 62.4. The molecule has 0 saturated carbocycles. The maximum absolute atomic E-state index is 13.9. The van der Waals surface area contributed by atoms with Crippen LogP contribution in [0.1, 0.15) is 1.43 Å². The van der Waals surface area contributed by atoms with E-state index in [1.165, 1.54) is 107 Å². The van der Waals surface area contributed by atoms with Gasteiger partial charge < -0.3 is 79.6 Å². The Kier molecular flexibility index (Phi) is 48.2. The molecule has 13 aromatic rings. The quantitative estimate of drug-likeness (QED) is 0.0119. The maximum Gasteiger partial charge on any atom is 1.00 e. The van der Waals surface area contributed by atoms with E-state index in [9.17, 15) is 47.5 Å². The standard InChI is InChI=1S/2C14H12ClFO2.2C12H8ClFO2.C12H7ClO2.C8H10BO4.C6H3BrClF.CH2O3.BBr3.2K.H/c2*1-17-13-5-3-4-11(14(13)18-2)10-7-6-9(15)8-12(10)16;2*13-7-4-5-8(10(14)6-7)9-2-1-3-11(15)12(9)16;13-7-4-5-8-9-2-1-3-10(14)12(9)15-11(8)6-7;1-11-6-4-3-5-7(13-9-10)8(6)12-2;7-5-2-1-4(8)3-6(5)9;2-1-4-3;2-1(3)4;;;/h2*3-8H,1-2H3;2*1-6,15-16H;1-6,14H;3-5,10H,1-2H3;1-3H;1,3H;;;;/q;;;;;;;;;2*+1;-1/p-1. The Bertz CT molecular complexity index is 5100. The van der Waals surface area contributed by atoms with Crippen molar-refractivity contribution in [3.63, 3.8) is 0 Å². The van der Waals surface area contributed by atoms with Gasteiger partial charge in [-0.15, -0.1) is 47.3 Å². The van der Waals surface area contributed by atoms with E-state index in [0.29, 0.717) is 106 Å². The Morgan fingerprint density at radius 3 is 1.05 bits per heavy atom. The Hall–Kier alpha value is -5.86. The van der Waals surface area contributed by atoms with Crippen molar-refractivity contribution in [2.75, 3.05) is 42.7 Å². The number of carbonyl (C=O) groups excluding carboxylic acids is 1. The fraction of sp³-hybridized carbons (Fsp3) is 0.0759. The largest absolute Gasteiger partial charge is 1.00 e. The van der Waals surface area contributed by atoms with Crippen molar-refractivity contribution in [2.45, 2.75) is 0 Å². The van der Waals surface area contributed by atoms with Crippen molar-refractivity contribution in [3.8, 4) is 114 Å². The van der Waals surface area contributed by atoms with Crippen LogP contribution in [0, 0.1) is 29.1 Å². The third-order valence-corrected chi connectivity index (χ3v) is 16.7. The second-order valence-corrected chi connectivity index (χ2v) is 31.4. The number of halogens is 15. The molecule has 0 unspecified atom stereocenters. The summed E-state index contributed by atoms with van der Waals surface area (Å²) in [6.45, 7) is -0.181. The minimum absolute atomic E-state index is 0. The molecule has 36 heteroatoms. The molecule has 0 aliphatic heterocycles. The van der Waals surface area contributed by atoms with Gasteiger partial charge in [-0.25, -0.2) is 22.0 Å². The summed E-state index contributed by atoms with van der Waals surface area (Å²) in [5.74, 6) is 0.219. The van der Waals surface area contributed by atoms with Crippen molar-refractivity contribution >= 4 is 172 Å². The van der Waals surface area contributed by atoms with Gasteiger partial charge in [-0.1, -0.05) is 136 Å². The van der Waals surface area contributed by atoms with E-state index in [0.717, 1.165) is 22.9 Å². The summed E-state index contributed by atoms with van der Waals surface area (Å²) in [6.07, 6.45) is 0. The Morgan fingerprint density at radius 1 is 0.400 bits per heavy atom. The summed E-state index contributed by atoms with van der Waals surface area (Å²) in [7, 11) is 9.76. The van der Waals surface area contributed by atoms with E-state index in [-0.39, 0.29) is 181 Å². The first-order valence-electron chi connectivity index (χ1n) is 31.6. The van der Waals surface area contributed by atoms with Gasteiger partial charge in [-0.2, -0.15) is 0 Å². The van der Waals surface area contributed by atoms with Crippen LogP contribution in [0.5, 0.6) is 69.0 Å². The number of fused-ring (bicyclic) bond motifs is 3. The zero-order valence-corrected chi connectivity index (χ0v) is 78.5. The summed E-state index contributed by atoms with van der Waals surface area (Å²) in [4.78, 5) is 11.2. The number of methoxy groups -OCH3 is 6. The minimum Gasteiger partial charge on any atom is -1.00 e. The number of carbonyl (C=O) groups is 1. The molecule has 12 aromatic carbocycles. The van der Waals surface area contributed by atoms with Crippen molar-refractivity contribution in [2.24, 2.45) is 0 Å². The van der Waals surface area contributed by atoms with Crippen LogP contribution in [0.25, 0.3) is 66.4 Å². The van der Waals surface area contributed by atoms with Gasteiger partial charge in [-0.3, -0.25) is 4.79 Å². The molecular weight excluding hydrogens is 1950 g/mol. The zero-order chi connectivity index (χ0) is 83.6. The number of benzene rings is 12. The van der Waals surface area contributed by atoms with Gasteiger partial charge >= 0.3 is 114 Å². The van der Waals surface area contributed by atoms with Crippen molar-refractivity contribution in [1.29, 1.82) is 0 Å². The van der Waals surface area contributed by atoms with E-state index < -0.39 is 23.3 Å². The van der Waals surface area contributed by atoms with Crippen LogP contribution in [0.3, 0.4) is 0 Å². The van der Waals surface area contributed by atoms with Crippen molar-refractivity contribution in [3.05, 3.63) is 282 Å². The smallest absolute Gasteiger partial charge is 1.00 e. The minimum atomic E-state index is -0.548. The average Bonchev–Trinajstić information content (AvgIpc) is 1.64. The Balaban J connectivity index is 0.000000452. The summed E-state index contributed by atoms with van der Waals surface area (Å²) in [5, 5.41) is 68.5. The number of phenols is 5. The van der Waals surface area contributed by atoms with Crippen LogP contribution < -0.4 is 141 Å². The summed E-state index contributed by atoms with van der Waals surface area (Å²) >= 11 is 46.4. The van der Waals surface area contributed by atoms with E-state index in [1.807, 2.05) is 18.2 Å². The molecule has 0 fully saturated rings. The van der Waals surface area contributed by atoms with Crippen LogP contribution in [0.15, 0.2) is 227 Å². The topological polar surface area (TPSA) is 248 Å². The Labute approximate surface area is 808 Å². The Morgan fingerprint density at radius 2 is 0.704 bits per heavy atom. The van der Waals surface area contributed by atoms with Gasteiger partial charge in [0.25, 0.3) is 6.47 Å². The van der Waals surface area contributed by atoms with Crippen LogP contribution in [0.4, 0.5) is 22.0 Å². The predicted molar refractivity (Wildman–Crippen MR) is 449 cm³/mol. The summed E-state index contributed by atoms with van der Waals surface area (Å²) in [6, 6.07) is 57.0. The molecule has 115 heavy (non-hydrogen) atoms. The van der Waals surface area contributed by atoms with Gasteiger partial charge in [0.15, 0.2) is 63.1 Å². The number of rotatable bonds is 13. The molecule has 0 atom stereocenters. The van der Waals surface area contributed by atoms with Crippen LogP contribution >= 0.6 is 133 Å². The first kappa shape index (κ1) is 103.